The van der Waals surface area contributed by atoms with Gasteiger partial charge in [-0.3, -0.25) is 28.8 Å². The zero-order valence-corrected chi connectivity index (χ0v) is 30.4. The molecule has 3 rings (SSSR count). The van der Waals surface area contributed by atoms with E-state index in [1.165, 1.54) is 0 Å². The minimum absolute atomic E-state index is 0.00524. The lowest BCUT2D eigenvalue weighted by molar-refractivity contribution is -0.140. The Morgan fingerprint density at radius 1 is 0.750 bits per heavy atom. The molecule has 1 fully saturated rings. The SMILES string of the molecule is CC(C)C[C@@H](NC(=O)[C@@H](Cc1ccccc1)NC(=O)[C@H](N)CCc1ccccc1)C(=O)N[C@H](CCCCN)C(=O)N1CCC(NC(=O)C(N)=O)CC1. The van der Waals surface area contributed by atoms with Crippen molar-refractivity contribution in [2.45, 2.75) is 102 Å². The lowest BCUT2D eigenvalue weighted by Gasteiger charge is -2.35. The quantitative estimate of drug-likeness (QED) is 0.0792. The molecule has 0 aromatic heterocycles. The van der Waals surface area contributed by atoms with Gasteiger partial charge in [0.05, 0.1) is 6.04 Å². The number of aryl methyl sites for hydroxylation is 1. The van der Waals surface area contributed by atoms with E-state index in [2.05, 4.69) is 21.3 Å². The second-order valence-electron chi connectivity index (χ2n) is 13.9. The normalized spacial score (nSPS) is 15.5. The highest BCUT2D eigenvalue weighted by Gasteiger charge is 2.34. The van der Waals surface area contributed by atoms with E-state index in [0.717, 1.165) is 11.1 Å². The van der Waals surface area contributed by atoms with Gasteiger partial charge in [0, 0.05) is 25.6 Å². The van der Waals surface area contributed by atoms with Crippen LogP contribution in [0.4, 0.5) is 0 Å². The molecule has 2 aromatic rings. The molecule has 1 heterocycles. The molecule has 14 nitrogen and oxygen atoms in total. The van der Waals surface area contributed by atoms with Crippen LogP contribution in [-0.4, -0.2) is 90.2 Å². The van der Waals surface area contributed by atoms with Gasteiger partial charge in [0.1, 0.15) is 18.1 Å². The molecular formula is C38H56N8O6. The number of primary amides is 1. The van der Waals surface area contributed by atoms with Crippen molar-refractivity contribution in [1.82, 2.24) is 26.2 Å². The molecule has 6 amide bonds. The Morgan fingerprint density at radius 2 is 1.31 bits per heavy atom. The molecule has 0 saturated carbocycles. The third-order valence-electron chi connectivity index (χ3n) is 9.11. The molecule has 0 aliphatic carbocycles. The van der Waals surface area contributed by atoms with E-state index in [1.54, 1.807) is 4.90 Å². The van der Waals surface area contributed by atoms with Crippen LogP contribution in [0.15, 0.2) is 60.7 Å². The topological polar surface area (TPSA) is 232 Å². The van der Waals surface area contributed by atoms with Crippen molar-refractivity contribution in [3.63, 3.8) is 0 Å². The number of hydrogen-bond acceptors (Lipinski definition) is 8. The molecule has 4 atom stereocenters. The number of nitrogens with zero attached hydrogens (tertiary/aromatic N) is 1. The maximum atomic E-state index is 13.9. The molecule has 52 heavy (non-hydrogen) atoms. The van der Waals surface area contributed by atoms with Crippen molar-refractivity contribution in [3.8, 4) is 0 Å². The lowest BCUT2D eigenvalue weighted by Crippen LogP contribution is -2.59. The summed E-state index contributed by atoms with van der Waals surface area (Å²) in [4.78, 5) is 79.3. The minimum Gasteiger partial charge on any atom is -0.361 e. The molecule has 1 aliphatic heterocycles. The van der Waals surface area contributed by atoms with Crippen LogP contribution >= 0.6 is 0 Å². The van der Waals surface area contributed by atoms with Gasteiger partial charge in [-0.25, -0.2) is 0 Å². The van der Waals surface area contributed by atoms with Gasteiger partial charge in [0.15, 0.2) is 0 Å². The lowest BCUT2D eigenvalue weighted by atomic mass is 9.99. The Kier molecular flexibility index (Phi) is 17.2. The monoisotopic (exact) mass is 720 g/mol. The third-order valence-corrected chi connectivity index (χ3v) is 9.11. The number of likely N-dealkylation sites (tertiary alicyclic amines) is 1. The maximum absolute atomic E-state index is 13.9. The Labute approximate surface area is 306 Å². The summed E-state index contributed by atoms with van der Waals surface area (Å²) >= 11 is 0. The number of hydrogen-bond donors (Lipinski definition) is 7. The molecule has 0 unspecified atom stereocenters. The summed E-state index contributed by atoms with van der Waals surface area (Å²) in [5.41, 5.74) is 18.9. The van der Waals surface area contributed by atoms with Gasteiger partial charge in [-0.2, -0.15) is 0 Å². The molecule has 0 spiro atoms. The van der Waals surface area contributed by atoms with Crippen molar-refractivity contribution in [1.29, 1.82) is 0 Å². The molecule has 1 aliphatic rings. The van der Waals surface area contributed by atoms with Crippen LogP contribution in [0, 0.1) is 5.92 Å². The predicted molar refractivity (Wildman–Crippen MR) is 198 cm³/mol. The number of carbonyl (C=O) groups is 6. The number of nitrogens with one attached hydrogen (secondary N) is 4. The van der Waals surface area contributed by atoms with Crippen LogP contribution in [0.2, 0.25) is 0 Å². The zero-order chi connectivity index (χ0) is 38.0. The van der Waals surface area contributed by atoms with Crippen molar-refractivity contribution >= 4 is 35.4 Å². The number of rotatable bonds is 19. The van der Waals surface area contributed by atoms with E-state index < -0.39 is 53.7 Å². The number of benzene rings is 2. The Bertz CT molecular complexity index is 1470. The maximum Gasteiger partial charge on any atom is 0.309 e. The first-order valence-electron chi connectivity index (χ1n) is 18.2. The second kappa shape index (κ2) is 21.5. The summed E-state index contributed by atoms with van der Waals surface area (Å²) in [6.45, 7) is 4.90. The van der Waals surface area contributed by atoms with Gasteiger partial charge >= 0.3 is 11.8 Å². The molecule has 1 saturated heterocycles. The number of nitrogens with two attached hydrogens (primary N) is 3. The third kappa shape index (κ3) is 14.1. The van der Waals surface area contributed by atoms with E-state index in [-0.39, 0.29) is 30.7 Å². The van der Waals surface area contributed by atoms with Crippen LogP contribution in [0.1, 0.15) is 69.9 Å². The first-order chi connectivity index (χ1) is 24.9. The fourth-order valence-electron chi connectivity index (χ4n) is 6.15. The van der Waals surface area contributed by atoms with Gasteiger partial charge in [0.2, 0.25) is 23.6 Å². The number of piperidine rings is 1. The van der Waals surface area contributed by atoms with Crippen molar-refractivity contribution < 1.29 is 28.8 Å². The van der Waals surface area contributed by atoms with E-state index in [1.807, 2.05) is 74.5 Å². The summed E-state index contributed by atoms with van der Waals surface area (Å²) in [5.74, 6) is -3.74. The first-order valence-corrected chi connectivity index (χ1v) is 18.2. The van der Waals surface area contributed by atoms with Gasteiger partial charge < -0.3 is 43.4 Å². The molecule has 0 radical (unpaired) electrons. The summed E-state index contributed by atoms with van der Waals surface area (Å²) in [6.07, 6.45) is 3.87. The van der Waals surface area contributed by atoms with Gasteiger partial charge in [-0.05, 0) is 75.0 Å². The molecule has 14 heteroatoms. The first kappa shape index (κ1) is 41.6. The van der Waals surface area contributed by atoms with Crippen LogP contribution in [0.3, 0.4) is 0 Å². The average Bonchev–Trinajstić information content (AvgIpc) is 3.13. The van der Waals surface area contributed by atoms with Gasteiger partial charge in [-0.15, -0.1) is 0 Å². The summed E-state index contributed by atoms with van der Waals surface area (Å²) in [5, 5.41) is 11.2. The van der Waals surface area contributed by atoms with Gasteiger partial charge in [-0.1, -0.05) is 74.5 Å². The van der Waals surface area contributed by atoms with E-state index in [0.29, 0.717) is 64.6 Å². The Balaban J connectivity index is 1.72. The minimum atomic E-state index is -1.07. The molecule has 10 N–H and O–H groups in total. The standard InChI is InChI=1S/C38H56N8O6/c1-25(2)23-31(35(49)43-30(15-9-10-20-39)38(52)46-21-18-28(19-22-46)42-37(51)33(41)47)45-36(50)32(24-27-13-7-4-8-14-27)44-34(48)29(40)17-16-26-11-5-3-6-12-26/h3-8,11-14,25,28-32H,9-10,15-24,39-40H2,1-2H3,(H2,41,47)(H,42,51)(H,43,49)(H,44,48)(H,45,50)/t29-,30-,31-,32-/m1/s1. The summed E-state index contributed by atoms with van der Waals surface area (Å²) < 4.78 is 0. The van der Waals surface area contributed by atoms with Crippen molar-refractivity contribution in [2.24, 2.45) is 23.1 Å². The van der Waals surface area contributed by atoms with E-state index >= 15 is 0 Å². The fourth-order valence-corrected chi connectivity index (χ4v) is 6.15. The molecular weight excluding hydrogens is 664 g/mol. The smallest absolute Gasteiger partial charge is 0.309 e. The van der Waals surface area contributed by atoms with Gasteiger partial charge in [0.25, 0.3) is 0 Å². The highest BCUT2D eigenvalue weighted by molar-refractivity contribution is 6.34. The average molecular weight is 721 g/mol. The molecule has 284 valence electrons. The van der Waals surface area contributed by atoms with E-state index in [9.17, 15) is 28.8 Å². The van der Waals surface area contributed by atoms with Crippen LogP contribution < -0.4 is 38.5 Å². The van der Waals surface area contributed by atoms with Crippen molar-refractivity contribution in [2.75, 3.05) is 19.6 Å². The van der Waals surface area contributed by atoms with Crippen LogP contribution in [-0.2, 0) is 41.6 Å². The highest BCUT2D eigenvalue weighted by atomic mass is 16.2. The highest BCUT2D eigenvalue weighted by Crippen LogP contribution is 2.15. The number of amides is 6. The summed E-state index contributed by atoms with van der Waals surface area (Å²) in [6, 6.07) is 14.9. The fraction of sp³-hybridized carbons (Fsp3) is 0.526. The summed E-state index contributed by atoms with van der Waals surface area (Å²) in [7, 11) is 0. The predicted octanol–water partition coefficient (Wildman–Crippen LogP) is 0.411. The zero-order valence-electron chi connectivity index (χ0n) is 30.4. The Morgan fingerprint density at radius 3 is 1.88 bits per heavy atom. The molecule has 2 aromatic carbocycles. The Hall–Kier alpha value is -4.82. The number of carbonyl (C=O) groups excluding carboxylic acids is 6. The van der Waals surface area contributed by atoms with Crippen molar-refractivity contribution in [3.05, 3.63) is 71.8 Å². The molecule has 0 bridgehead atoms. The second-order valence-corrected chi connectivity index (χ2v) is 13.9. The number of unbranched alkanes of at least 4 members (excludes halogenated alkanes) is 1. The van der Waals surface area contributed by atoms with E-state index in [4.69, 9.17) is 17.2 Å². The largest absolute Gasteiger partial charge is 0.361 e. The van der Waals surface area contributed by atoms with Crippen LogP contribution in [0.25, 0.3) is 0 Å². The van der Waals surface area contributed by atoms with Crippen LogP contribution in [0.5, 0.6) is 0 Å².